The van der Waals surface area contributed by atoms with E-state index in [2.05, 4.69) is 15.6 Å². The lowest BCUT2D eigenvalue weighted by molar-refractivity contribution is -0.140. The summed E-state index contributed by atoms with van der Waals surface area (Å²) in [6, 6.07) is 12.4. The molecule has 4 bridgehead atoms. The lowest BCUT2D eigenvalue weighted by Gasteiger charge is -2.55. The highest BCUT2D eigenvalue weighted by Gasteiger charge is 2.54. The molecule has 0 radical (unpaired) electrons. The van der Waals surface area contributed by atoms with E-state index in [0.717, 1.165) is 31.0 Å². The van der Waals surface area contributed by atoms with Gasteiger partial charge in [-0.2, -0.15) is 10.5 Å². The molecule has 4 N–H and O–H groups in total. The maximum Gasteiger partial charge on any atom is 0.234 e. The van der Waals surface area contributed by atoms with Crippen LogP contribution in [0.4, 0.5) is 17.2 Å². The molecule has 4 saturated carbocycles. The fourth-order valence-corrected chi connectivity index (χ4v) is 7.21. The molecule has 4 aliphatic rings. The molecule has 1 aromatic heterocycles. The van der Waals surface area contributed by atoms with Gasteiger partial charge in [-0.05, 0) is 80.5 Å². The number of rotatable bonds is 6. The Kier molecular flexibility index (Phi) is 6.12. The molecule has 0 saturated heterocycles. The van der Waals surface area contributed by atoms with Gasteiger partial charge in [-0.3, -0.25) is 9.59 Å². The predicted molar refractivity (Wildman–Crippen MR) is 133 cm³/mol. The second-order valence-electron chi connectivity index (χ2n) is 10.1. The Morgan fingerprint density at radius 2 is 1.60 bits per heavy atom. The summed E-state index contributed by atoms with van der Waals surface area (Å²) in [5, 5.41) is 24.6. The number of aromatic nitrogens is 1. The van der Waals surface area contributed by atoms with E-state index in [4.69, 9.17) is 11.0 Å². The number of pyridine rings is 1. The van der Waals surface area contributed by atoms with E-state index in [1.165, 1.54) is 25.3 Å². The van der Waals surface area contributed by atoms with Gasteiger partial charge in [-0.1, -0.05) is 17.8 Å². The molecule has 1 aromatic carbocycles. The Labute approximate surface area is 208 Å². The average Bonchev–Trinajstić information content (AvgIpc) is 2.82. The van der Waals surface area contributed by atoms with Gasteiger partial charge in [0, 0.05) is 11.4 Å². The molecule has 0 unspecified atom stereocenters. The van der Waals surface area contributed by atoms with Gasteiger partial charge < -0.3 is 16.4 Å². The number of carbonyl (C=O) groups excluding carboxylic acids is 2. The number of nitrogens with one attached hydrogen (secondary N) is 2. The van der Waals surface area contributed by atoms with Gasteiger partial charge in [0.2, 0.25) is 11.8 Å². The van der Waals surface area contributed by atoms with Crippen LogP contribution in [0.2, 0.25) is 0 Å². The van der Waals surface area contributed by atoms with Crippen LogP contribution in [-0.4, -0.2) is 22.6 Å². The van der Waals surface area contributed by atoms with Gasteiger partial charge >= 0.3 is 0 Å². The fourth-order valence-electron chi connectivity index (χ4n) is 6.45. The van der Waals surface area contributed by atoms with Crippen molar-refractivity contribution in [3.05, 3.63) is 41.5 Å². The number of nitriles is 2. The minimum Gasteiger partial charge on any atom is -0.383 e. The van der Waals surface area contributed by atoms with Crippen molar-refractivity contribution < 1.29 is 9.59 Å². The Morgan fingerprint density at radius 1 is 1.00 bits per heavy atom. The molecule has 9 heteroatoms. The van der Waals surface area contributed by atoms with Crippen LogP contribution < -0.4 is 16.4 Å². The Balaban J connectivity index is 1.20. The molecule has 6 rings (SSSR count). The summed E-state index contributed by atoms with van der Waals surface area (Å²) in [5.74, 6) is 1.94. The third kappa shape index (κ3) is 4.69. The summed E-state index contributed by atoms with van der Waals surface area (Å²) in [6.07, 6.45) is 6.84. The van der Waals surface area contributed by atoms with E-state index in [1.807, 2.05) is 18.2 Å². The fraction of sp³-hybridized carbons (Fsp3) is 0.423. The zero-order valence-corrected chi connectivity index (χ0v) is 20.0. The summed E-state index contributed by atoms with van der Waals surface area (Å²) in [6.45, 7) is 0. The SMILES string of the molecule is N#Cc1cc(C#N)c(SCC(=O)Nc2cccc(NC(=O)C34CC5CC(CC(C5)C3)C4)c2)nc1N. The highest BCUT2D eigenvalue weighted by atomic mass is 32.2. The first kappa shape index (κ1) is 23.2. The average molecular weight is 487 g/mol. The van der Waals surface area contributed by atoms with Crippen LogP contribution in [0.1, 0.15) is 49.7 Å². The number of carbonyl (C=O) groups is 2. The van der Waals surface area contributed by atoms with Crippen LogP contribution in [0.3, 0.4) is 0 Å². The molecule has 1 heterocycles. The van der Waals surface area contributed by atoms with Crippen molar-refractivity contribution >= 4 is 40.8 Å². The van der Waals surface area contributed by atoms with E-state index in [0.29, 0.717) is 34.2 Å². The zero-order chi connectivity index (χ0) is 24.6. The van der Waals surface area contributed by atoms with Crippen molar-refractivity contribution in [1.82, 2.24) is 4.98 Å². The summed E-state index contributed by atoms with van der Waals surface area (Å²) in [7, 11) is 0. The number of hydrogen-bond acceptors (Lipinski definition) is 7. The molecule has 2 amide bonds. The molecule has 8 nitrogen and oxygen atoms in total. The first-order valence-corrected chi connectivity index (χ1v) is 12.8. The number of nitrogen functional groups attached to an aromatic ring is 1. The molecule has 35 heavy (non-hydrogen) atoms. The third-order valence-corrected chi connectivity index (χ3v) is 8.51. The highest BCUT2D eigenvalue weighted by Crippen LogP contribution is 2.60. The predicted octanol–water partition coefficient (Wildman–Crippen LogP) is 4.29. The maximum atomic E-state index is 13.3. The Hall–Kier alpha value is -3.56. The van der Waals surface area contributed by atoms with Crippen LogP contribution in [-0.2, 0) is 9.59 Å². The monoisotopic (exact) mass is 486 g/mol. The molecule has 4 aliphatic carbocycles. The van der Waals surface area contributed by atoms with Crippen LogP contribution in [0.25, 0.3) is 0 Å². The van der Waals surface area contributed by atoms with Crippen LogP contribution in [0.5, 0.6) is 0 Å². The topological polar surface area (TPSA) is 145 Å². The number of hydrogen-bond donors (Lipinski definition) is 3. The second-order valence-corrected chi connectivity index (χ2v) is 11.0. The number of benzene rings is 1. The van der Waals surface area contributed by atoms with Crippen molar-refractivity contribution in [2.45, 2.75) is 43.6 Å². The highest BCUT2D eigenvalue weighted by molar-refractivity contribution is 8.00. The van der Waals surface area contributed by atoms with Gasteiger partial charge in [0.05, 0.1) is 22.3 Å². The van der Waals surface area contributed by atoms with Crippen LogP contribution in [0, 0.1) is 45.8 Å². The van der Waals surface area contributed by atoms with Gasteiger partial charge in [-0.15, -0.1) is 0 Å². The minimum atomic E-state index is -0.284. The number of thioether (sulfide) groups is 1. The van der Waals surface area contributed by atoms with E-state index < -0.39 is 0 Å². The molecular formula is C26H26N6O2S. The largest absolute Gasteiger partial charge is 0.383 e. The number of nitrogens with zero attached hydrogens (tertiary/aromatic N) is 3. The first-order chi connectivity index (χ1) is 16.9. The van der Waals surface area contributed by atoms with Gasteiger partial charge in [0.1, 0.15) is 23.0 Å². The quantitative estimate of drug-likeness (QED) is 0.516. The smallest absolute Gasteiger partial charge is 0.234 e. The standard InChI is InChI=1S/C26H26N6O2S/c27-12-18-7-19(13-28)24(32-23(18)29)35-14-22(33)30-20-2-1-3-21(8-20)31-25(34)26-9-15-4-16(10-26)6-17(5-15)11-26/h1-3,7-8,15-17H,4-6,9-11,14H2,(H2,29,32)(H,30,33)(H,31,34). The number of anilines is 3. The van der Waals surface area contributed by atoms with Crippen molar-refractivity contribution in [2.75, 3.05) is 22.1 Å². The molecule has 0 aliphatic heterocycles. The van der Waals surface area contributed by atoms with E-state index >= 15 is 0 Å². The van der Waals surface area contributed by atoms with Crippen molar-refractivity contribution in [2.24, 2.45) is 23.2 Å². The summed E-state index contributed by atoms with van der Waals surface area (Å²) < 4.78 is 0. The van der Waals surface area contributed by atoms with Crippen molar-refractivity contribution in [3.63, 3.8) is 0 Å². The molecular weight excluding hydrogens is 460 g/mol. The maximum absolute atomic E-state index is 13.3. The lowest BCUT2D eigenvalue weighted by atomic mass is 9.49. The van der Waals surface area contributed by atoms with Crippen molar-refractivity contribution in [1.29, 1.82) is 10.5 Å². The third-order valence-electron chi connectivity index (χ3n) is 7.52. The molecule has 0 spiro atoms. The van der Waals surface area contributed by atoms with E-state index in [9.17, 15) is 14.9 Å². The van der Waals surface area contributed by atoms with Gasteiger partial charge in [0.15, 0.2) is 0 Å². The van der Waals surface area contributed by atoms with Gasteiger partial charge in [0.25, 0.3) is 0 Å². The first-order valence-electron chi connectivity index (χ1n) is 11.8. The molecule has 4 fully saturated rings. The number of amides is 2. The van der Waals surface area contributed by atoms with Gasteiger partial charge in [-0.25, -0.2) is 4.98 Å². The molecule has 2 aromatic rings. The molecule has 178 valence electrons. The van der Waals surface area contributed by atoms with Crippen LogP contribution in [0.15, 0.2) is 35.4 Å². The second kappa shape index (κ2) is 9.24. The molecule has 0 atom stereocenters. The normalized spacial score (nSPS) is 25.9. The van der Waals surface area contributed by atoms with E-state index in [-0.39, 0.29) is 39.9 Å². The Morgan fingerprint density at radius 3 is 2.20 bits per heavy atom. The summed E-state index contributed by atoms with van der Waals surface area (Å²) in [4.78, 5) is 30.0. The summed E-state index contributed by atoms with van der Waals surface area (Å²) in [5.41, 5.74) is 7.08. The summed E-state index contributed by atoms with van der Waals surface area (Å²) >= 11 is 1.07. The van der Waals surface area contributed by atoms with Crippen molar-refractivity contribution in [3.8, 4) is 12.1 Å². The van der Waals surface area contributed by atoms with Crippen LogP contribution >= 0.6 is 11.8 Å². The zero-order valence-electron chi connectivity index (χ0n) is 19.2. The lowest BCUT2D eigenvalue weighted by Crippen LogP contribution is -2.51. The Bertz CT molecular complexity index is 1240. The minimum absolute atomic E-state index is 0.0108. The number of nitrogens with two attached hydrogens (primary N) is 1. The van der Waals surface area contributed by atoms with E-state index in [1.54, 1.807) is 18.2 Å².